The van der Waals surface area contributed by atoms with Crippen LogP contribution in [0.5, 0.6) is 5.75 Å². The van der Waals surface area contributed by atoms with Gasteiger partial charge < -0.3 is 16.3 Å². The quantitative estimate of drug-likeness (QED) is 0.741. The predicted molar refractivity (Wildman–Crippen MR) is 63.5 cm³/mol. The lowest BCUT2D eigenvalue weighted by Crippen LogP contribution is -2.13. The minimum absolute atomic E-state index is 0.461. The topological polar surface area (TPSA) is 79.1 Å². The largest absolute Gasteiger partial charge is 0.497 e. The smallest absolute Gasteiger partial charge is 0.150 e. The summed E-state index contributed by atoms with van der Waals surface area (Å²) >= 11 is 0. The van der Waals surface area contributed by atoms with Crippen molar-refractivity contribution in [3.63, 3.8) is 0 Å². The first-order chi connectivity index (χ1) is 7.63. The zero-order valence-corrected chi connectivity index (χ0v) is 9.27. The fourth-order valence-corrected chi connectivity index (χ4v) is 1.52. The summed E-state index contributed by atoms with van der Waals surface area (Å²) in [5, 5.41) is 0. The molecule has 0 saturated carbocycles. The van der Waals surface area contributed by atoms with Crippen LogP contribution in [0.1, 0.15) is 5.82 Å². The van der Waals surface area contributed by atoms with Crippen LogP contribution < -0.4 is 16.3 Å². The monoisotopic (exact) mass is 218 g/mol. The van der Waals surface area contributed by atoms with Crippen LogP contribution in [0.3, 0.4) is 0 Å². The first-order valence-electron chi connectivity index (χ1n) is 4.88. The van der Waals surface area contributed by atoms with Crippen molar-refractivity contribution in [2.24, 2.45) is 0 Å². The number of hydrogen-bond acceptors (Lipinski definition) is 4. The van der Waals surface area contributed by atoms with Crippen molar-refractivity contribution in [3.8, 4) is 17.0 Å². The van der Waals surface area contributed by atoms with Crippen LogP contribution in [-0.4, -0.2) is 16.8 Å². The summed E-state index contributed by atoms with van der Waals surface area (Å²) < 4.78 is 6.46. The maximum atomic E-state index is 5.85. The Balaban J connectivity index is 2.46. The molecule has 1 aromatic heterocycles. The number of imidazole rings is 1. The molecule has 1 aromatic carbocycles. The van der Waals surface area contributed by atoms with Gasteiger partial charge >= 0.3 is 0 Å². The minimum Gasteiger partial charge on any atom is -0.497 e. The van der Waals surface area contributed by atoms with E-state index in [0.29, 0.717) is 17.3 Å². The lowest BCUT2D eigenvalue weighted by Gasteiger charge is -2.02. The summed E-state index contributed by atoms with van der Waals surface area (Å²) in [5.74, 6) is 7.64. The van der Waals surface area contributed by atoms with Crippen LogP contribution in [0.15, 0.2) is 24.3 Å². The summed E-state index contributed by atoms with van der Waals surface area (Å²) in [7, 11) is 1.63. The molecule has 5 heteroatoms. The van der Waals surface area contributed by atoms with Gasteiger partial charge in [-0.1, -0.05) is 0 Å². The van der Waals surface area contributed by atoms with Gasteiger partial charge in [0.2, 0.25) is 0 Å². The normalized spacial score (nSPS) is 10.4. The van der Waals surface area contributed by atoms with Gasteiger partial charge in [0.1, 0.15) is 17.3 Å². The molecule has 0 radical (unpaired) electrons. The van der Waals surface area contributed by atoms with Gasteiger partial charge in [-0.15, -0.1) is 0 Å². The van der Waals surface area contributed by atoms with E-state index in [1.54, 1.807) is 7.11 Å². The fraction of sp³-hybridized carbons (Fsp3) is 0.182. The molecule has 0 fully saturated rings. The van der Waals surface area contributed by atoms with Gasteiger partial charge in [0, 0.05) is 5.56 Å². The van der Waals surface area contributed by atoms with Gasteiger partial charge in [-0.2, -0.15) is 0 Å². The highest BCUT2D eigenvalue weighted by Crippen LogP contribution is 2.26. The molecule has 0 saturated heterocycles. The lowest BCUT2D eigenvalue weighted by atomic mass is 10.1. The number of hydrogen-bond donors (Lipinski definition) is 2. The van der Waals surface area contributed by atoms with Crippen LogP contribution in [0, 0.1) is 6.92 Å². The Morgan fingerprint density at radius 3 is 2.31 bits per heavy atom. The number of aryl methyl sites for hydroxylation is 1. The highest BCUT2D eigenvalue weighted by molar-refractivity contribution is 5.71. The van der Waals surface area contributed by atoms with Gasteiger partial charge in [-0.3, -0.25) is 0 Å². The molecule has 0 amide bonds. The molecule has 4 N–H and O–H groups in total. The van der Waals surface area contributed by atoms with Crippen molar-refractivity contribution >= 4 is 5.82 Å². The molecule has 0 spiro atoms. The van der Waals surface area contributed by atoms with Gasteiger partial charge in [-0.05, 0) is 31.2 Å². The molecule has 0 bridgehead atoms. The molecule has 0 aliphatic rings. The van der Waals surface area contributed by atoms with E-state index in [2.05, 4.69) is 4.98 Å². The molecule has 0 aliphatic carbocycles. The average molecular weight is 218 g/mol. The first kappa shape index (κ1) is 10.4. The third-order valence-electron chi connectivity index (χ3n) is 2.49. The Morgan fingerprint density at radius 1 is 1.25 bits per heavy atom. The molecule has 0 unspecified atom stereocenters. The van der Waals surface area contributed by atoms with Crippen LogP contribution in [-0.2, 0) is 0 Å². The molecule has 5 nitrogen and oxygen atoms in total. The summed E-state index contributed by atoms with van der Waals surface area (Å²) in [6.07, 6.45) is 0. The van der Waals surface area contributed by atoms with E-state index >= 15 is 0 Å². The average Bonchev–Trinajstić information content (AvgIpc) is 2.57. The number of anilines is 1. The Labute approximate surface area is 93.6 Å². The van der Waals surface area contributed by atoms with Crippen molar-refractivity contribution < 1.29 is 4.74 Å². The zero-order chi connectivity index (χ0) is 11.7. The molecule has 0 aliphatic heterocycles. The number of benzene rings is 1. The van der Waals surface area contributed by atoms with Crippen molar-refractivity contribution in [2.75, 3.05) is 18.7 Å². The van der Waals surface area contributed by atoms with E-state index in [1.807, 2.05) is 31.2 Å². The lowest BCUT2D eigenvalue weighted by molar-refractivity contribution is 0.415. The summed E-state index contributed by atoms with van der Waals surface area (Å²) in [6, 6.07) is 7.52. The van der Waals surface area contributed by atoms with Crippen LogP contribution >= 0.6 is 0 Å². The van der Waals surface area contributed by atoms with Crippen molar-refractivity contribution in [1.29, 1.82) is 0 Å². The van der Waals surface area contributed by atoms with E-state index in [0.717, 1.165) is 11.3 Å². The third-order valence-corrected chi connectivity index (χ3v) is 2.49. The van der Waals surface area contributed by atoms with Crippen LogP contribution in [0.25, 0.3) is 11.3 Å². The van der Waals surface area contributed by atoms with Gasteiger partial charge in [0.15, 0.2) is 5.82 Å². The Kier molecular flexibility index (Phi) is 2.44. The summed E-state index contributed by atoms with van der Waals surface area (Å²) in [4.78, 5) is 4.31. The predicted octanol–water partition coefficient (Wildman–Crippen LogP) is 1.16. The third kappa shape index (κ3) is 1.56. The minimum atomic E-state index is 0.461. The highest BCUT2D eigenvalue weighted by atomic mass is 16.5. The number of aromatic nitrogens is 2. The molecule has 2 rings (SSSR count). The van der Waals surface area contributed by atoms with Crippen molar-refractivity contribution in [3.05, 3.63) is 30.1 Å². The van der Waals surface area contributed by atoms with Gasteiger partial charge in [-0.25, -0.2) is 9.66 Å². The van der Waals surface area contributed by atoms with E-state index in [1.165, 1.54) is 4.68 Å². The van der Waals surface area contributed by atoms with E-state index in [4.69, 9.17) is 16.3 Å². The highest BCUT2D eigenvalue weighted by Gasteiger charge is 2.11. The maximum Gasteiger partial charge on any atom is 0.150 e. The van der Waals surface area contributed by atoms with E-state index in [-0.39, 0.29) is 0 Å². The number of nitrogen functional groups attached to an aromatic ring is 2. The van der Waals surface area contributed by atoms with Crippen LogP contribution in [0.4, 0.5) is 5.82 Å². The number of nitrogens with zero attached hydrogens (tertiary/aromatic N) is 2. The number of ether oxygens (including phenoxy) is 1. The standard InChI is InChI=1S/C11H14N4O/c1-7-14-10(11(12)15(7)13)8-3-5-9(16-2)6-4-8/h3-6H,12-13H2,1-2H3. The number of methoxy groups -OCH3 is 1. The Bertz CT molecular complexity index is 501. The molecule has 1 heterocycles. The molecule has 0 atom stereocenters. The second kappa shape index (κ2) is 3.77. The molecular formula is C11H14N4O. The molecular weight excluding hydrogens is 204 g/mol. The Morgan fingerprint density at radius 2 is 1.88 bits per heavy atom. The summed E-state index contributed by atoms with van der Waals surface area (Å²) in [6.45, 7) is 1.81. The molecule has 16 heavy (non-hydrogen) atoms. The zero-order valence-electron chi connectivity index (χ0n) is 9.27. The van der Waals surface area contributed by atoms with Crippen molar-refractivity contribution in [1.82, 2.24) is 9.66 Å². The second-order valence-corrected chi connectivity index (χ2v) is 3.49. The summed E-state index contributed by atoms with van der Waals surface area (Å²) in [5.41, 5.74) is 7.47. The Hall–Kier alpha value is -2.17. The van der Waals surface area contributed by atoms with Crippen molar-refractivity contribution in [2.45, 2.75) is 6.92 Å². The number of nitrogens with two attached hydrogens (primary N) is 2. The fourth-order valence-electron chi connectivity index (χ4n) is 1.52. The van der Waals surface area contributed by atoms with Gasteiger partial charge in [0.25, 0.3) is 0 Å². The SMILES string of the molecule is COc1ccc(-c2nc(C)n(N)c2N)cc1. The number of rotatable bonds is 2. The van der Waals surface area contributed by atoms with Crippen LogP contribution in [0.2, 0.25) is 0 Å². The molecule has 2 aromatic rings. The van der Waals surface area contributed by atoms with Gasteiger partial charge in [0.05, 0.1) is 7.11 Å². The molecule has 84 valence electrons. The second-order valence-electron chi connectivity index (χ2n) is 3.49. The maximum absolute atomic E-state index is 5.85. The van der Waals surface area contributed by atoms with E-state index < -0.39 is 0 Å². The first-order valence-corrected chi connectivity index (χ1v) is 4.88. The van der Waals surface area contributed by atoms with E-state index in [9.17, 15) is 0 Å².